The Morgan fingerprint density at radius 2 is 2.10 bits per heavy atom. The second-order valence-corrected chi connectivity index (χ2v) is 9.88. The minimum Gasteiger partial charge on any atom is -0.391 e. The third kappa shape index (κ3) is 4.64. The summed E-state index contributed by atoms with van der Waals surface area (Å²) in [5.41, 5.74) is 0.673. The maximum atomic E-state index is 14.7. The number of rotatable bonds is 6. The van der Waals surface area contributed by atoms with Crippen LogP contribution in [0.25, 0.3) is 0 Å². The van der Waals surface area contributed by atoms with Crippen molar-refractivity contribution < 1.29 is 22.3 Å². The number of benzene rings is 1. The van der Waals surface area contributed by atoms with Crippen LogP contribution in [-0.4, -0.2) is 46.7 Å². The van der Waals surface area contributed by atoms with E-state index in [0.29, 0.717) is 24.0 Å². The van der Waals surface area contributed by atoms with Crippen molar-refractivity contribution in [2.45, 2.75) is 58.1 Å². The fourth-order valence-corrected chi connectivity index (χ4v) is 5.48. The van der Waals surface area contributed by atoms with Gasteiger partial charge in [0.1, 0.15) is 11.9 Å². The van der Waals surface area contributed by atoms with Gasteiger partial charge in [-0.1, -0.05) is 13.0 Å². The fourth-order valence-electron chi connectivity index (χ4n) is 3.89. The van der Waals surface area contributed by atoms with Crippen molar-refractivity contribution in [1.29, 1.82) is 0 Å². The molecule has 0 spiro atoms. The van der Waals surface area contributed by atoms with Crippen molar-refractivity contribution in [2.24, 2.45) is 0 Å². The van der Waals surface area contributed by atoms with E-state index in [9.17, 15) is 22.7 Å². The highest BCUT2D eigenvalue weighted by atomic mass is 32.2. The normalized spacial score (nSPS) is 22.7. The van der Waals surface area contributed by atoms with Gasteiger partial charge in [0.15, 0.2) is 0 Å². The topological polar surface area (TPSA) is 129 Å². The molecule has 1 fully saturated rings. The molecule has 0 bridgehead atoms. The number of nitrogens with one attached hydrogen (secondary N) is 2. The van der Waals surface area contributed by atoms with Crippen LogP contribution in [0, 0.1) is 19.7 Å². The maximum Gasteiger partial charge on any atom is 0.434 e. The molecule has 1 saturated heterocycles. The molecule has 11 heteroatoms. The molecule has 0 unspecified atom stereocenters. The molecule has 2 aromatic rings. The van der Waals surface area contributed by atoms with E-state index < -0.39 is 39.3 Å². The van der Waals surface area contributed by atoms with E-state index >= 15 is 0 Å². The van der Waals surface area contributed by atoms with Crippen LogP contribution in [0.5, 0.6) is 0 Å². The SMILES string of the molecule is Cc1ccc(F)c([C@@H](C)[C@H](NS(=O)(=O)N2CCC[C@](C)(O)C2)c2n[nH]c(=O)o2)c1C. The van der Waals surface area contributed by atoms with Crippen LogP contribution in [0.3, 0.4) is 0 Å². The largest absolute Gasteiger partial charge is 0.434 e. The van der Waals surface area contributed by atoms with Gasteiger partial charge in [-0.15, -0.1) is 5.10 Å². The predicted octanol–water partition coefficient (Wildman–Crippen LogP) is 1.64. The van der Waals surface area contributed by atoms with E-state index in [1.807, 2.05) is 6.92 Å². The first-order valence-electron chi connectivity index (χ1n) is 9.72. The predicted molar refractivity (Wildman–Crippen MR) is 108 cm³/mol. The lowest BCUT2D eigenvalue weighted by molar-refractivity contribution is 0.00890. The highest BCUT2D eigenvalue weighted by molar-refractivity contribution is 7.87. The smallest absolute Gasteiger partial charge is 0.391 e. The number of piperidine rings is 1. The second-order valence-electron chi connectivity index (χ2n) is 8.18. The second kappa shape index (κ2) is 8.22. The Hall–Kier alpha value is -2.08. The molecule has 1 aromatic heterocycles. The first-order valence-corrected chi connectivity index (χ1v) is 11.2. The molecule has 3 atom stereocenters. The number of hydrogen-bond donors (Lipinski definition) is 3. The first-order chi connectivity index (χ1) is 13.9. The monoisotopic (exact) mass is 442 g/mol. The van der Waals surface area contributed by atoms with Crippen LogP contribution in [0.2, 0.25) is 0 Å². The van der Waals surface area contributed by atoms with Gasteiger partial charge < -0.3 is 9.52 Å². The van der Waals surface area contributed by atoms with Crippen molar-refractivity contribution in [3.05, 3.63) is 51.1 Å². The van der Waals surface area contributed by atoms with Gasteiger partial charge in [-0.25, -0.2) is 14.3 Å². The number of aliphatic hydroxyl groups is 1. The van der Waals surface area contributed by atoms with Gasteiger partial charge in [-0.3, -0.25) is 0 Å². The first kappa shape index (κ1) is 22.6. The van der Waals surface area contributed by atoms with Crippen molar-refractivity contribution in [2.75, 3.05) is 13.1 Å². The Kier molecular flexibility index (Phi) is 6.19. The van der Waals surface area contributed by atoms with Crippen LogP contribution < -0.4 is 10.5 Å². The lowest BCUT2D eigenvalue weighted by Crippen LogP contribution is -2.52. The fraction of sp³-hybridized carbons (Fsp3) is 0.579. The summed E-state index contributed by atoms with van der Waals surface area (Å²) in [5, 5.41) is 16.2. The molecule has 9 nitrogen and oxygen atoms in total. The average molecular weight is 443 g/mol. The molecule has 3 rings (SSSR count). The molecule has 1 aromatic carbocycles. The van der Waals surface area contributed by atoms with E-state index in [1.54, 1.807) is 26.8 Å². The molecule has 30 heavy (non-hydrogen) atoms. The zero-order chi connectivity index (χ0) is 22.3. The van der Waals surface area contributed by atoms with Gasteiger partial charge in [-0.05, 0) is 56.4 Å². The number of H-pyrrole nitrogens is 1. The number of aryl methyl sites for hydroxylation is 1. The lowest BCUT2D eigenvalue weighted by atomic mass is 9.88. The summed E-state index contributed by atoms with van der Waals surface area (Å²) in [7, 11) is -4.10. The highest BCUT2D eigenvalue weighted by Crippen LogP contribution is 2.35. The zero-order valence-electron chi connectivity index (χ0n) is 17.4. The summed E-state index contributed by atoms with van der Waals surface area (Å²) in [4.78, 5) is 11.5. The number of β-amino-alcohol motifs (C(OH)–C–C–N with tert-alkyl or cyclic N) is 1. The third-order valence-electron chi connectivity index (χ3n) is 5.66. The average Bonchev–Trinajstić information content (AvgIpc) is 3.08. The number of halogens is 1. The molecule has 1 aliphatic rings. The molecule has 0 radical (unpaired) electrons. The summed E-state index contributed by atoms with van der Waals surface area (Å²) in [6, 6.07) is 1.82. The molecule has 0 aliphatic carbocycles. The Balaban J connectivity index is 2.00. The van der Waals surface area contributed by atoms with E-state index in [4.69, 9.17) is 4.42 Å². The summed E-state index contributed by atoms with van der Waals surface area (Å²) in [6.45, 7) is 6.94. The van der Waals surface area contributed by atoms with Gasteiger partial charge in [0, 0.05) is 19.0 Å². The van der Waals surface area contributed by atoms with Crippen molar-refractivity contribution in [3.63, 3.8) is 0 Å². The number of aromatic amines is 1. The summed E-state index contributed by atoms with van der Waals surface area (Å²) in [6.07, 6.45) is 0.984. The van der Waals surface area contributed by atoms with Gasteiger partial charge in [0.05, 0.1) is 5.60 Å². The van der Waals surface area contributed by atoms with Gasteiger partial charge in [0.2, 0.25) is 5.89 Å². The van der Waals surface area contributed by atoms with Gasteiger partial charge >= 0.3 is 5.76 Å². The molecule has 2 heterocycles. The standard InChI is InChI=1S/C19H27FN4O5S/c1-11-6-7-14(20)15(12(11)2)13(3)16(17-21-22-18(25)29-17)23-30(27,28)24-9-5-8-19(4,26)10-24/h6-7,13,16,23,26H,5,8-10H2,1-4H3,(H,22,25)/t13-,16+,19+/m1/s1. The van der Waals surface area contributed by atoms with Crippen LogP contribution in [0.4, 0.5) is 4.39 Å². The summed E-state index contributed by atoms with van der Waals surface area (Å²) < 4.78 is 49.6. The van der Waals surface area contributed by atoms with Crippen LogP contribution in [0.1, 0.15) is 61.2 Å². The Morgan fingerprint density at radius 1 is 1.40 bits per heavy atom. The zero-order valence-corrected chi connectivity index (χ0v) is 18.2. The highest BCUT2D eigenvalue weighted by Gasteiger charge is 2.39. The van der Waals surface area contributed by atoms with Gasteiger partial charge in [0.25, 0.3) is 10.2 Å². The summed E-state index contributed by atoms with van der Waals surface area (Å²) >= 11 is 0. The Bertz CT molecular complexity index is 1080. The van der Waals surface area contributed by atoms with Crippen molar-refractivity contribution in [3.8, 4) is 0 Å². The quantitative estimate of drug-likeness (QED) is 0.624. The van der Waals surface area contributed by atoms with Crippen molar-refractivity contribution in [1.82, 2.24) is 19.2 Å². The molecule has 3 N–H and O–H groups in total. The molecule has 166 valence electrons. The molecular weight excluding hydrogens is 415 g/mol. The van der Waals surface area contributed by atoms with E-state index in [2.05, 4.69) is 14.9 Å². The third-order valence-corrected chi connectivity index (χ3v) is 7.21. The summed E-state index contributed by atoms with van der Waals surface area (Å²) in [5.74, 6) is -2.27. The Morgan fingerprint density at radius 3 is 2.70 bits per heavy atom. The Labute approximate surface area is 174 Å². The van der Waals surface area contributed by atoms with E-state index in [1.165, 1.54) is 6.07 Å². The van der Waals surface area contributed by atoms with Crippen LogP contribution in [0.15, 0.2) is 21.3 Å². The number of aromatic nitrogens is 2. The minimum atomic E-state index is -4.10. The van der Waals surface area contributed by atoms with E-state index in [-0.39, 0.29) is 19.0 Å². The molecule has 0 amide bonds. The van der Waals surface area contributed by atoms with Crippen molar-refractivity contribution >= 4 is 10.2 Å². The lowest BCUT2D eigenvalue weighted by Gasteiger charge is -2.37. The number of nitrogens with zero attached hydrogens (tertiary/aromatic N) is 2. The molecule has 1 aliphatic heterocycles. The van der Waals surface area contributed by atoms with Crippen LogP contribution in [-0.2, 0) is 10.2 Å². The maximum absolute atomic E-state index is 14.7. The van der Waals surface area contributed by atoms with E-state index in [0.717, 1.165) is 9.87 Å². The molecular formula is C19H27FN4O5S. The van der Waals surface area contributed by atoms with Gasteiger partial charge in [-0.2, -0.15) is 17.4 Å². The molecule has 0 saturated carbocycles. The minimum absolute atomic E-state index is 0.0776. The number of hydrogen-bond acceptors (Lipinski definition) is 6. The van der Waals surface area contributed by atoms with Crippen LogP contribution >= 0.6 is 0 Å².